The molecule has 0 aliphatic carbocycles. The molecule has 1 aliphatic rings. The van der Waals surface area contributed by atoms with Gasteiger partial charge in [0.25, 0.3) is 0 Å². The Labute approximate surface area is 92.1 Å². The standard InChI is InChI=1S/C8H11N3O4S/c12-8(13)6-1-2-11(5-6)16(14,15)7-3-9-10-4-7/h3-4,6H,1-2,5H2,(H,9,10)(H,12,13). The van der Waals surface area contributed by atoms with Crippen LogP contribution in [-0.4, -0.2) is 47.1 Å². The topological polar surface area (TPSA) is 103 Å². The zero-order valence-corrected chi connectivity index (χ0v) is 9.14. The normalized spacial score (nSPS) is 22.4. The van der Waals surface area contributed by atoms with E-state index in [0.717, 1.165) is 0 Å². The minimum absolute atomic E-state index is 0.0306. The minimum Gasteiger partial charge on any atom is -0.481 e. The lowest BCUT2D eigenvalue weighted by Gasteiger charge is -2.13. The number of carbonyl (C=O) groups is 1. The van der Waals surface area contributed by atoms with Crippen molar-refractivity contribution in [3.63, 3.8) is 0 Å². The van der Waals surface area contributed by atoms with E-state index in [0.29, 0.717) is 6.42 Å². The van der Waals surface area contributed by atoms with Crippen LogP contribution in [0.25, 0.3) is 0 Å². The molecule has 0 aromatic carbocycles. The van der Waals surface area contributed by atoms with Gasteiger partial charge in [-0.1, -0.05) is 0 Å². The van der Waals surface area contributed by atoms with Crippen molar-refractivity contribution in [2.45, 2.75) is 11.3 Å². The lowest BCUT2D eigenvalue weighted by Crippen LogP contribution is -2.29. The maximum atomic E-state index is 11.9. The van der Waals surface area contributed by atoms with Gasteiger partial charge in [0.1, 0.15) is 4.90 Å². The van der Waals surface area contributed by atoms with Gasteiger partial charge >= 0.3 is 5.97 Å². The summed E-state index contributed by atoms with van der Waals surface area (Å²) in [6.07, 6.45) is 2.85. The number of sulfonamides is 1. The minimum atomic E-state index is -3.59. The molecule has 2 rings (SSSR count). The van der Waals surface area contributed by atoms with E-state index in [9.17, 15) is 13.2 Å². The third-order valence-corrected chi connectivity index (χ3v) is 4.44. The van der Waals surface area contributed by atoms with E-state index < -0.39 is 21.9 Å². The molecular weight excluding hydrogens is 234 g/mol. The first-order valence-electron chi connectivity index (χ1n) is 4.73. The zero-order valence-electron chi connectivity index (χ0n) is 8.33. The van der Waals surface area contributed by atoms with Crippen LogP contribution in [0.1, 0.15) is 6.42 Å². The highest BCUT2D eigenvalue weighted by Gasteiger charge is 2.36. The van der Waals surface area contributed by atoms with Crippen LogP contribution in [0.2, 0.25) is 0 Å². The Kier molecular flexibility index (Phi) is 2.68. The first-order valence-corrected chi connectivity index (χ1v) is 6.17. The second-order valence-electron chi connectivity index (χ2n) is 3.62. The third-order valence-electron chi connectivity index (χ3n) is 2.61. The van der Waals surface area contributed by atoms with Crippen LogP contribution in [0.15, 0.2) is 17.3 Å². The molecule has 1 fully saturated rings. The summed E-state index contributed by atoms with van der Waals surface area (Å²) >= 11 is 0. The zero-order chi connectivity index (χ0) is 11.8. The average Bonchev–Trinajstić information content (AvgIpc) is 2.90. The smallest absolute Gasteiger partial charge is 0.307 e. The van der Waals surface area contributed by atoms with Crippen molar-refractivity contribution in [3.8, 4) is 0 Å². The van der Waals surface area contributed by atoms with Gasteiger partial charge in [-0.15, -0.1) is 0 Å². The predicted molar refractivity (Wildman–Crippen MR) is 53.1 cm³/mol. The number of carboxylic acids is 1. The number of nitrogens with one attached hydrogen (secondary N) is 1. The van der Waals surface area contributed by atoms with Crippen molar-refractivity contribution in [1.29, 1.82) is 0 Å². The van der Waals surface area contributed by atoms with Crippen molar-refractivity contribution in [1.82, 2.24) is 14.5 Å². The molecule has 1 unspecified atom stereocenters. The van der Waals surface area contributed by atoms with Gasteiger partial charge in [-0.05, 0) is 6.42 Å². The second-order valence-corrected chi connectivity index (χ2v) is 5.56. The SMILES string of the molecule is O=C(O)C1CCN(S(=O)(=O)c2cn[nH]c2)C1. The van der Waals surface area contributed by atoms with Gasteiger partial charge in [-0.2, -0.15) is 9.40 Å². The van der Waals surface area contributed by atoms with Crippen LogP contribution in [0, 0.1) is 5.92 Å². The van der Waals surface area contributed by atoms with E-state index >= 15 is 0 Å². The highest BCUT2D eigenvalue weighted by molar-refractivity contribution is 7.89. The molecule has 88 valence electrons. The van der Waals surface area contributed by atoms with Crippen molar-refractivity contribution < 1.29 is 18.3 Å². The van der Waals surface area contributed by atoms with Crippen LogP contribution in [0.3, 0.4) is 0 Å². The summed E-state index contributed by atoms with van der Waals surface area (Å²) in [4.78, 5) is 10.8. The van der Waals surface area contributed by atoms with Gasteiger partial charge in [0.2, 0.25) is 10.0 Å². The van der Waals surface area contributed by atoms with Crippen LogP contribution >= 0.6 is 0 Å². The van der Waals surface area contributed by atoms with Crippen LogP contribution < -0.4 is 0 Å². The molecule has 1 aromatic rings. The van der Waals surface area contributed by atoms with Gasteiger partial charge in [0.15, 0.2) is 0 Å². The quantitative estimate of drug-likeness (QED) is 0.747. The summed E-state index contributed by atoms with van der Waals surface area (Å²) in [7, 11) is -3.59. The van der Waals surface area contributed by atoms with E-state index in [-0.39, 0.29) is 18.0 Å². The number of H-pyrrole nitrogens is 1. The fourth-order valence-electron chi connectivity index (χ4n) is 1.68. The molecule has 1 aliphatic heterocycles. The third kappa shape index (κ3) is 1.81. The number of aromatic amines is 1. The molecule has 0 spiro atoms. The van der Waals surface area contributed by atoms with E-state index in [4.69, 9.17) is 5.11 Å². The highest BCUT2D eigenvalue weighted by Crippen LogP contribution is 2.23. The fraction of sp³-hybridized carbons (Fsp3) is 0.500. The van der Waals surface area contributed by atoms with Crippen molar-refractivity contribution in [3.05, 3.63) is 12.4 Å². The number of hydrogen-bond donors (Lipinski definition) is 2. The summed E-state index contributed by atoms with van der Waals surface area (Å²) in [6.45, 7) is 0.271. The van der Waals surface area contributed by atoms with E-state index in [1.807, 2.05) is 0 Å². The van der Waals surface area contributed by atoms with Crippen LogP contribution in [0.5, 0.6) is 0 Å². The van der Waals surface area contributed by atoms with Gasteiger partial charge in [0, 0.05) is 19.3 Å². The van der Waals surface area contributed by atoms with Gasteiger partial charge in [-0.25, -0.2) is 8.42 Å². The number of aliphatic carboxylic acids is 1. The monoisotopic (exact) mass is 245 g/mol. The number of nitrogens with zero attached hydrogens (tertiary/aromatic N) is 2. The Hall–Kier alpha value is -1.41. The molecule has 2 N–H and O–H groups in total. The fourth-order valence-corrected chi connectivity index (χ4v) is 3.08. The maximum Gasteiger partial charge on any atom is 0.307 e. The predicted octanol–water partition coefficient (Wildman–Crippen LogP) is -0.495. The number of carboxylic acid groups (broad SMARTS) is 1. The second kappa shape index (κ2) is 3.87. The Balaban J connectivity index is 2.19. The maximum absolute atomic E-state index is 11.9. The highest BCUT2D eigenvalue weighted by atomic mass is 32.2. The number of hydrogen-bond acceptors (Lipinski definition) is 4. The van der Waals surface area contributed by atoms with Crippen LogP contribution in [-0.2, 0) is 14.8 Å². The summed E-state index contributed by atoms with van der Waals surface area (Å²) in [5, 5.41) is 14.8. The summed E-state index contributed by atoms with van der Waals surface area (Å²) in [5.41, 5.74) is 0. The molecule has 1 aromatic heterocycles. The molecule has 0 radical (unpaired) electrons. The molecule has 1 saturated heterocycles. The molecule has 16 heavy (non-hydrogen) atoms. The van der Waals surface area contributed by atoms with Crippen LogP contribution in [0.4, 0.5) is 0 Å². The molecule has 1 atom stereocenters. The molecule has 0 amide bonds. The van der Waals surface area contributed by atoms with Crippen molar-refractivity contribution in [2.75, 3.05) is 13.1 Å². The molecule has 7 nitrogen and oxygen atoms in total. The Morgan fingerprint density at radius 3 is 2.88 bits per heavy atom. The van der Waals surface area contributed by atoms with Crippen molar-refractivity contribution >= 4 is 16.0 Å². The van der Waals surface area contributed by atoms with E-state index in [2.05, 4.69) is 10.2 Å². The first-order chi connectivity index (χ1) is 7.51. The van der Waals surface area contributed by atoms with E-state index in [1.54, 1.807) is 0 Å². The lowest BCUT2D eigenvalue weighted by atomic mass is 10.1. The largest absolute Gasteiger partial charge is 0.481 e. The van der Waals surface area contributed by atoms with Gasteiger partial charge in [-0.3, -0.25) is 9.89 Å². The van der Waals surface area contributed by atoms with E-state index in [1.165, 1.54) is 16.7 Å². The summed E-state index contributed by atoms with van der Waals surface area (Å²) in [6, 6.07) is 0. The molecular formula is C8H11N3O4S. The Morgan fingerprint density at radius 2 is 2.38 bits per heavy atom. The summed E-state index contributed by atoms with van der Waals surface area (Å²) < 4.78 is 25.1. The average molecular weight is 245 g/mol. The number of rotatable bonds is 3. The molecule has 8 heteroatoms. The number of aromatic nitrogens is 2. The molecule has 0 saturated carbocycles. The molecule has 0 bridgehead atoms. The summed E-state index contributed by atoms with van der Waals surface area (Å²) in [5.74, 6) is -1.56. The Morgan fingerprint density at radius 1 is 1.62 bits per heavy atom. The van der Waals surface area contributed by atoms with Gasteiger partial charge < -0.3 is 5.11 Å². The first kappa shape index (κ1) is 11.1. The van der Waals surface area contributed by atoms with Gasteiger partial charge in [0.05, 0.1) is 12.1 Å². The molecule has 2 heterocycles. The van der Waals surface area contributed by atoms with Crippen molar-refractivity contribution in [2.24, 2.45) is 5.92 Å². The Bertz CT molecular complexity index is 481. The lowest BCUT2D eigenvalue weighted by molar-refractivity contribution is -0.141.